The first kappa shape index (κ1) is 10.3. The lowest BCUT2D eigenvalue weighted by Crippen LogP contribution is -2.32. The second kappa shape index (κ2) is 3.14. The Hall–Kier alpha value is -0.830. The molecule has 74 valence electrons. The van der Waals surface area contributed by atoms with E-state index in [1.807, 2.05) is 13.8 Å². The minimum Gasteiger partial charge on any atom is -0.478 e. The molecule has 13 heavy (non-hydrogen) atoms. The first-order chi connectivity index (χ1) is 5.84. The highest BCUT2D eigenvalue weighted by atomic mass is 16.4. The second-order valence-electron chi connectivity index (χ2n) is 4.41. The van der Waals surface area contributed by atoms with E-state index in [1.165, 1.54) is 0 Å². The van der Waals surface area contributed by atoms with Crippen LogP contribution in [0.2, 0.25) is 0 Å². The van der Waals surface area contributed by atoms with E-state index < -0.39 is 17.5 Å². The molecule has 0 radical (unpaired) electrons. The molecule has 0 heterocycles. The summed E-state index contributed by atoms with van der Waals surface area (Å²) < 4.78 is 0. The summed E-state index contributed by atoms with van der Waals surface area (Å²) in [5.74, 6) is -0.852. The SMILES string of the molecule is CC1=C(C(=O)O)C(C)(C)C[C@H](O)C1. The molecule has 3 heteroatoms. The molecule has 0 aliphatic heterocycles. The molecule has 0 bridgehead atoms. The Balaban J connectivity index is 3.11. The quantitative estimate of drug-likeness (QED) is 0.650. The van der Waals surface area contributed by atoms with Gasteiger partial charge in [-0.3, -0.25) is 0 Å². The molecule has 0 unspecified atom stereocenters. The van der Waals surface area contributed by atoms with Crippen LogP contribution in [-0.4, -0.2) is 22.3 Å². The number of carboxylic acids is 1. The summed E-state index contributed by atoms with van der Waals surface area (Å²) in [6.45, 7) is 5.51. The fraction of sp³-hybridized carbons (Fsp3) is 0.700. The van der Waals surface area contributed by atoms with Crippen molar-refractivity contribution in [2.24, 2.45) is 5.41 Å². The van der Waals surface area contributed by atoms with Crippen molar-refractivity contribution in [3.63, 3.8) is 0 Å². The first-order valence-electron chi connectivity index (χ1n) is 4.46. The lowest BCUT2D eigenvalue weighted by molar-refractivity contribution is -0.134. The summed E-state index contributed by atoms with van der Waals surface area (Å²) in [7, 11) is 0. The van der Waals surface area contributed by atoms with Gasteiger partial charge in [-0.1, -0.05) is 19.4 Å². The molecular weight excluding hydrogens is 168 g/mol. The molecule has 0 aromatic carbocycles. The highest BCUT2D eigenvalue weighted by Crippen LogP contribution is 2.40. The van der Waals surface area contributed by atoms with Crippen LogP contribution >= 0.6 is 0 Å². The monoisotopic (exact) mass is 184 g/mol. The predicted octanol–water partition coefficient (Wildman–Crippen LogP) is 1.57. The molecule has 1 aliphatic carbocycles. The van der Waals surface area contributed by atoms with Crippen molar-refractivity contribution in [2.75, 3.05) is 0 Å². The Morgan fingerprint density at radius 2 is 2.08 bits per heavy atom. The Morgan fingerprint density at radius 1 is 1.54 bits per heavy atom. The molecule has 0 aromatic rings. The van der Waals surface area contributed by atoms with Crippen LogP contribution in [0, 0.1) is 5.41 Å². The maximum atomic E-state index is 10.9. The molecular formula is C10H16O3. The number of carbonyl (C=O) groups is 1. The van der Waals surface area contributed by atoms with E-state index in [-0.39, 0.29) is 0 Å². The number of hydrogen-bond acceptors (Lipinski definition) is 2. The Labute approximate surface area is 78.1 Å². The molecule has 0 fully saturated rings. The highest BCUT2D eigenvalue weighted by Gasteiger charge is 2.36. The van der Waals surface area contributed by atoms with Crippen molar-refractivity contribution in [3.8, 4) is 0 Å². The topological polar surface area (TPSA) is 57.5 Å². The number of carboxylic acid groups (broad SMARTS) is 1. The fourth-order valence-corrected chi connectivity index (χ4v) is 2.27. The molecule has 1 rings (SSSR count). The van der Waals surface area contributed by atoms with Gasteiger partial charge in [0.25, 0.3) is 0 Å². The van der Waals surface area contributed by atoms with E-state index in [1.54, 1.807) is 6.92 Å². The van der Waals surface area contributed by atoms with Crippen LogP contribution in [-0.2, 0) is 4.79 Å². The molecule has 1 atom stereocenters. The molecule has 3 nitrogen and oxygen atoms in total. The van der Waals surface area contributed by atoms with Crippen molar-refractivity contribution < 1.29 is 15.0 Å². The van der Waals surface area contributed by atoms with E-state index in [0.29, 0.717) is 18.4 Å². The van der Waals surface area contributed by atoms with Gasteiger partial charge < -0.3 is 10.2 Å². The van der Waals surface area contributed by atoms with Gasteiger partial charge in [0.1, 0.15) is 0 Å². The van der Waals surface area contributed by atoms with Gasteiger partial charge in [-0.25, -0.2) is 4.79 Å². The molecule has 0 amide bonds. The summed E-state index contributed by atoms with van der Waals surface area (Å²) in [4.78, 5) is 10.9. The van der Waals surface area contributed by atoms with Crippen LogP contribution in [0.1, 0.15) is 33.6 Å². The maximum Gasteiger partial charge on any atom is 0.332 e. The van der Waals surface area contributed by atoms with E-state index in [2.05, 4.69) is 0 Å². The third-order valence-electron chi connectivity index (χ3n) is 2.61. The molecule has 1 aliphatic rings. The first-order valence-corrected chi connectivity index (χ1v) is 4.46. The Kier molecular flexibility index (Phi) is 2.48. The van der Waals surface area contributed by atoms with E-state index in [4.69, 9.17) is 5.11 Å². The molecule has 0 aromatic heterocycles. The Bertz CT molecular complexity index is 263. The molecule has 2 N–H and O–H groups in total. The summed E-state index contributed by atoms with van der Waals surface area (Å²) in [5, 5.41) is 18.5. The van der Waals surface area contributed by atoms with Crippen molar-refractivity contribution in [1.29, 1.82) is 0 Å². The third kappa shape index (κ3) is 1.91. The van der Waals surface area contributed by atoms with Gasteiger partial charge in [-0.05, 0) is 25.2 Å². The van der Waals surface area contributed by atoms with E-state index in [9.17, 15) is 9.90 Å². The summed E-state index contributed by atoms with van der Waals surface area (Å²) >= 11 is 0. The zero-order chi connectivity index (χ0) is 10.2. The van der Waals surface area contributed by atoms with Gasteiger partial charge in [-0.2, -0.15) is 0 Å². The molecule has 0 spiro atoms. The van der Waals surface area contributed by atoms with Gasteiger partial charge in [0, 0.05) is 5.57 Å². The van der Waals surface area contributed by atoms with Crippen molar-refractivity contribution in [2.45, 2.75) is 39.7 Å². The number of aliphatic carboxylic acids is 1. The minimum atomic E-state index is -0.852. The zero-order valence-electron chi connectivity index (χ0n) is 8.29. The highest BCUT2D eigenvalue weighted by molar-refractivity contribution is 5.89. The van der Waals surface area contributed by atoms with Gasteiger partial charge in [0.2, 0.25) is 0 Å². The summed E-state index contributed by atoms with van der Waals surface area (Å²) in [6, 6.07) is 0. The van der Waals surface area contributed by atoms with Crippen LogP contribution in [0.25, 0.3) is 0 Å². The van der Waals surface area contributed by atoms with Crippen molar-refractivity contribution in [1.82, 2.24) is 0 Å². The van der Waals surface area contributed by atoms with Crippen LogP contribution < -0.4 is 0 Å². The molecule has 0 saturated heterocycles. The van der Waals surface area contributed by atoms with Crippen LogP contribution in [0.5, 0.6) is 0 Å². The van der Waals surface area contributed by atoms with Gasteiger partial charge in [0.15, 0.2) is 0 Å². The predicted molar refractivity (Wildman–Crippen MR) is 49.4 cm³/mol. The summed E-state index contributed by atoms with van der Waals surface area (Å²) in [5.41, 5.74) is 0.863. The normalized spacial score (nSPS) is 27.5. The lowest BCUT2D eigenvalue weighted by Gasteiger charge is -2.34. The van der Waals surface area contributed by atoms with Crippen LogP contribution in [0.15, 0.2) is 11.1 Å². The van der Waals surface area contributed by atoms with E-state index >= 15 is 0 Å². The van der Waals surface area contributed by atoms with E-state index in [0.717, 1.165) is 5.57 Å². The van der Waals surface area contributed by atoms with Crippen molar-refractivity contribution >= 4 is 5.97 Å². The van der Waals surface area contributed by atoms with Crippen molar-refractivity contribution in [3.05, 3.63) is 11.1 Å². The lowest BCUT2D eigenvalue weighted by atomic mass is 9.71. The number of aliphatic hydroxyl groups is 1. The van der Waals surface area contributed by atoms with Gasteiger partial charge in [-0.15, -0.1) is 0 Å². The third-order valence-corrected chi connectivity index (χ3v) is 2.61. The smallest absolute Gasteiger partial charge is 0.332 e. The molecule has 0 saturated carbocycles. The summed E-state index contributed by atoms with van der Waals surface area (Å²) in [6.07, 6.45) is 0.634. The second-order valence-corrected chi connectivity index (χ2v) is 4.41. The largest absolute Gasteiger partial charge is 0.478 e. The number of aliphatic hydroxyl groups excluding tert-OH is 1. The van der Waals surface area contributed by atoms with Gasteiger partial charge in [0.05, 0.1) is 6.10 Å². The number of rotatable bonds is 1. The van der Waals surface area contributed by atoms with Crippen LogP contribution in [0.4, 0.5) is 0 Å². The zero-order valence-corrected chi connectivity index (χ0v) is 8.29. The van der Waals surface area contributed by atoms with Crippen LogP contribution in [0.3, 0.4) is 0 Å². The fourth-order valence-electron chi connectivity index (χ4n) is 2.27. The number of hydrogen-bond donors (Lipinski definition) is 2. The maximum absolute atomic E-state index is 10.9. The minimum absolute atomic E-state index is 0.391. The standard InChI is InChI=1S/C10H16O3/c1-6-4-7(11)5-10(2,3)8(6)9(12)13/h7,11H,4-5H2,1-3H3,(H,12,13)/t7-/m1/s1. The average Bonchev–Trinajstić information content (AvgIpc) is 1.78. The Morgan fingerprint density at radius 3 is 2.46 bits per heavy atom. The van der Waals surface area contributed by atoms with Gasteiger partial charge >= 0.3 is 5.97 Å². The average molecular weight is 184 g/mol.